The Kier molecular flexibility index (Phi) is 2.61. The van der Waals surface area contributed by atoms with Crippen molar-refractivity contribution in [2.45, 2.75) is 57.0 Å². The zero-order valence-corrected chi connectivity index (χ0v) is 8.76. The van der Waals surface area contributed by atoms with E-state index in [-0.39, 0.29) is 0 Å². The lowest BCUT2D eigenvalue weighted by Crippen LogP contribution is -2.51. The second-order valence-corrected chi connectivity index (χ2v) is 4.67. The van der Waals surface area contributed by atoms with Crippen molar-refractivity contribution in [2.75, 3.05) is 13.1 Å². The number of likely N-dealkylation sites (tertiary alicyclic amines) is 1. The molecule has 0 spiro atoms. The minimum absolute atomic E-state index is 0.422. The summed E-state index contributed by atoms with van der Waals surface area (Å²) in [5.74, 6) is 0. The van der Waals surface area contributed by atoms with Crippen LogP contribution in [0.5, 0.6) is 0 Å². The maximum Gasteiger partial charge on any atom is 0.0361 e. The van der Waals surface area contributed by atoms with Gasteiger partial charge >= 0.3 is 0 Å². The number of nitrogens with zero attached hydrogens (tertiary/aromatic N) is 1. The molecular weight excluding hydrogens is 160 g/mol. The van der Waals surface area contributed by atoms with Crippen LogP contribution >= 0.6 is 0 Å². The van der Waals surface area contributed by atoms with Crippen LogP contribution in [-0.2, 0) is 0 Å². The quantitative estimate of drug-likeness (QED) is 0.720. The summed E-state index contributed by atoms with van der Waals surface area (Å²) in [6, 6.07) is 0.422. The monoisotopic (exact) mass is 182 g/mol. The molecule has 0 bridgehead atoms. The van der Waals surface area contributed by atoms with Gasteiger partial charge in [0.1, 0.15) is 0 Å². The van der Waals surface area contributed by atoms with Crippen LogP contribution < -0.4 is 5.73 Å². The van der Waals surface area contributed by atoms with E-state index in [0.717, 1.165) is 6.42 Å². The molecule has 1 saturated carbocycles. The van der Waals surface area contributed by atoms with E-state index in [9.17, 15) is 0 Å². The van der Waals surface area contributed by atoms with Crippen LogP contribution in [0.25, 0.3) is 0 Å². The molecule has 0 aromatic rings. The molecule has 1 atom stereocenters. The van der Waals surface area contributed by atoms with E-state index in [1.165, 1.54) is 45.2 Å². The van der Waals surface area contributed by atoms with E-state index in [1.807, 2.05) is 0 Å². The predicted octanol–water partition coefficient (Wildman–Crippen LogP) is 1.74. The highest BCUT2D eigenvalue weighted by atomic mass is 15.3. The summed E-state index contributed by atoms with van der Waals surface area (Å²) in [5.41, 5.74) is 6.64. The SMILES string of the molecule is CCC(N)C1(N2CCCCC2)CC1. The number of rotatable bonds is 3. The van der Waals surface area contributed by atoms with Crippen LogP contribution in [0.4, 0.5) is 0 Å². The van der Waals surface area contributed by atoms with Gasteiger partial charge in [-0.2, -0.15) is 0 Å². The summed E-state index contributed by atoms with van der Waals surface area (Å²) >= 11 is 0. The van der Waals surface area contributed by atoms with Crippen LogP contribution in [0.15, 0.2) is 0 Å². The molecule has 76 valence electrons. The summed E-state index contributed by atoms with van der Waals surface area (Å²) in [6.45, 7) is 4.82. The van der Waals surface area contributed by atoms with Gasteiger partial charge in [0.15, 0.2) is 0 Å². The van der Waals surface area contributed by atoms with Crippen molar-refractivity contribution in [3.05, 3.63) is 0 Å². The first-order chi connectivity index (χ1) is 6.29. The van der Waals surface area contributed by atoms with Crippen molar-refractivity contribution >= 4 is 0 Å². The van der Waals surface area contributed by atoms with Crippen molar-refractivity contribution in [1.82, 2.24) is 4.90 Å². The summed E-state index contributed by atoms with van der Waals surface area (Å²) in [7, 11) is 0. The largest absolute Gasteiger partial charge is 0.326 e. The average molecular weight is 182 g/mol. The normalized spacial score (nSPS) is 30.0. The Morgan fingerprint density at radius 3 is 2.31 bits per heavy atom. The molecule has 0 aromatic heterocycles. The number of hydrogen-bond donors (Lipinski definition) is 1. The van der Waals surface area contributed by atoms with Crippen molar-refractivity contribution in [3.8, 4) is 0 Å². The van der Waals surface area contributed by atoms with Gasteiger partial charge in [-0.3, -0.25) is 4.90 Å². The lowest BCUT2D eigenvalue weighted by molar-refractivity contribution is 0.122. The first-order valence-corrected chi connectivity index (χ1v) is 5.80. The van der Waals surface area contributed by atoms with Crippen LogP contribution in [0.1, 0.15) is 45.4 Å². The van der Waals surface area contributed by atoms with Crippen molar-refractivity contribution in [3.63, 3.8) is 0 Å². The van der Waals surface area contributed by atoms with Gasteiger partial charge in [-0.05, 0) is 45.2 Å². The van der Waals surface area contributed by atoms with Gasteiger partial charge in [0.25, 0.3) is 0 Å². The Morgan fingerprint density at radius 2 is 1.85 bits per heavy atom. The van der Waals surface area contributed by atoms with Gasteiger partial charge in [0, 0.05) is 11.6 Å². The zero-order valence-electron chi connectivity index (χ0n) is 8.76. The lowest BCUT2D eigenvalue weighted by atomic mass is 9.99. The molecule has 2 heteroatoms. The number of nitrogens with two attached hydrogens (primary N) is 1. The minimum atomic E-state index is 0.422. The van der Waals surface area contributed by atoms with Gasteiger partial charge in [0.05, 0.1) is 0 Å². The molecule has 1 unspecified atom stereocenters. The first kappa shape index (κ1) is 9.47. The van der Waals surface area contributed by atoms with Gasteiger partial charge in [-0.1, -0.05) is 13.3 Å². The predicted molar refractivity (Wildman–Crippen MR) is 55.7 cm³/mol. The highest BCUT2D eigenvalue weighted by molar-refractivity contribution is 5.10. The average Bonchev–Trinajstić information content (AvgIpc) is 2.99. The van der Waals surface area contributed by atoms with E-state index < -0.39 is 0 Å². The van der Waals surface area contributed by atoms with E-state index in [1.54, 1.807) is 0 Å². The second kappa shape index (κ2) is 3.58. The molecule has 1 saturated heterocycles. The smallest absolute Gasteiger partial charge is 0.0361 e. The standard InChI is InChI=1S/C11H22N2/c1-2-10(12)11(6-7-11)13-8-4-3-5-9-13/h10H,2-9,12H2,1H3. The molecule has 2 nitrogen and oxygen atoms in total. The third-order valence-corrected chi connectivity index (χ3v) is 3.88. The van der Waals surface area contributed by atoms with Gasteiger partial charge in [-0.15, -0.1) is 0 Å². The molecule has 2 N–H and O–H groups in total. The molecule has 1 heterocycles. The Labute approximate surface area is 81.5 Å². The van der Waals surface area contributed by atoms with Crippen molar-refractivity contribution in [2.24, 2.45) is 5.73 Å². The fraction of sp³-hybridized carbons (Fsp3) is 1.00. The molecule has 1 aliphatic carbocycles. The Bertz CT molecular complexity index is 169. The van der Waals surface area contributed by atoms with Crippen LogP contribution in [0.2, 0.25) is 0 Å². The summed E-state index contributed by atoms with van der Waals surface area (Å²) in [4.78, 5) is 2.67. The third-order valence-electron chi connectivity index (χ3n) is 3.88. The molecule has 0 radical (unpaired) electrons. The van der Waals surface area contributed by atoms with Crippen LogP contribution in [0.3, 0.4) is 0 Å². The maximum atomic E-state index is 6.20. The molecule has 2 rings (SSSR count). The lowest BCUT2D eigenvalue weighted by Gasteiger charge is -2.38. The molecule has 2 fully saturated rings. The maximum absolute atomic E-state index is 6.20. The number of piperidine rings is 1. The van der Waals surface area contributed by atoms with Gasteiger partial charge in [0.2, 0.25) is 0 Å². The number of hydrogen-bond acceptors (Lipinski definition) is 2. The van der Waals surface area contributed by atoms with E-state index in [2.05, 4.69) is 11.8 Å². The van der Waals surface area contributed by atoms with Gasteiger partial charge in [-0.25, -0.2) is 0 Å². The highest BCUT2D eigenvalue weighted by Crippen LogP contribution is 2.45. The summed E-state index contributed by atoms with van der Waals surface area (Å²) in [6.07, 6.45) is 8.03. The van der Waals surface area contributed by atoms with E-state index in [0.29, 0.717) is 11.6 Å². The van der Waals surface area contributed by atoms with E-state index in [4.69, 9.17) is 5.73 Å². The van der Waals surface area contributed by atoms with E-state index >= 15 is 0 Å². The fourth-order valence-corrected chi connectivity index (χ4v) is 2.77. The highest BCUT2D eigenvalue weighted by Gasteiger charge is 2.51. The Morgan fingerprint density at radius 1 is 1.23 bits per heavy atom. The van der Waals surface area contributed by atoms with Crippen LogP contribution in [-0.4, -0.2) is 29.6 Å². The minimum Gasteiger partial charge on any atom is -0.326 e. The molecule has 2 aliphatic rings. The summed E-state index contributed by atoms with van der Waals surface area (Å²) in [5, 5.41) is 0. The molecule has 1 aliphatic heterocycles. The van der Waals surface area contributed by atoms with Crippen LogP contribution in [0, 0.1) is 0 Å². The fourth-order valence-electron chi connectivity index (χ4n) is 2.77. The third kappa shape index (κ3) is 1.62. The molecular formula is C11H22N2. The Balaban J connectivity index is 1.97. The van der Waals surface area contributed by atoms with Crippen molar-refractivity contribution in [1.29, 1.82) is 0 Å². The summed E-state index contributed by atoms with van der Waals surface area (Å²) < 4.78 is 0. The molecule has 0 aromatic carbocycles. The molecule has 0 amide bonds. The Hall–Kier alpha value is -0.0800. The first-order valence-electron chi connectivity index (χ1n) is 5.80. The zero-order chi connectivity index (χ0) is 9.31. The topological polar surface area (TPSA) is 29.3 Å². The second-order valence-electron chi connectivity index (χ2n) is 4.67. The van der Waals surface area contributed by atoms with Crippen molar-refractivity contribution < 1.29 is 0 Å². The molecule has 13 heavy (non-hydrogen) atoms. The van der Waals surface area contributed by atoms with Gasteiger partial charge < -0.3 is 5.73 Å².